The first-order valence-corrected chi connectivity index (χ1v) is 14.8. The van der Waals surface area contributed by atoms with Crippen molar-refractivity contribution < 1.29 is 17.7 Å². The third kappa shape index (κ3) is 5.73. The number of halogens is 4. The number of nitrogens with zero attached hydrogens (tertiary/aromatic N) is 3. The van der Waals surface area contributed by atoms with Crippen LogP contribution in [0.25, 0.3) is 11.1 Å². The van der Waals surface area contributed by atoms with Gasteiger partial charge in [0.1, 0.15) is 14.2 Å². The minimum Gasteiger partial charge on any atom is -0.337 e. The molecule has 0 N–H and O–H groups in total. The maximum absolute atomic E-state index is 13.4. The van der Waals surface area contributed by atoms with Gasteiger partial charge < -0.3 is 4.90 Å². The molecule has 4 nitrogen and oxygen atoms in total. The van der Waals surface area contributed by atoms with Crippen molar-refractivity contribution in [1.82, 2.24) is 4.57 Å². The molecule has 0 saturated heterocycles. The molecule has 0 bridgehead atoms. The highest BCUT2D eigenvalue weighted by Crippen LogP contribution is 2.46. The van der Waals surface area contributed by atoms with Crippen LogP contribution >= 0.6 is 46.0 Å². The Kier molecular flexibility index (Phi) is 8.76. The summed E-state index contributed by atoms with van der Waals surface area (Å²) in [5, 5.41) is 4.34. The fourth-order valence-electron chi connectivity index (χ4n) is 3.96. The Balaban J connectivity index is 0.00000164. The molecule has 0 fully saturated rings. The summed E-state index contributed by atoms with van der Waals surface area (Å²) in [5.74, 6) is 0. The van der Waals surface area contributed by atoms with Crippen LogP contribution in [-0.4, -0.2) is 11.6 Å². The second kappa shape index (κ2) is 11.7. The van der Waals surface area contributed by atoms with Crippen molar-refractivity contribution in [2.24, 2.45) is 0 Å². The summed E-state index contributed by atoms with van der Waals surface area (Å²) in [6, 6.07) is 10.9. The molecule has 5 rings (SSSR count). The van der Waals surface area contributed by atoms with E-state index >= 15 is 0 Å². The molecule has 0 saturated carbocycles. The highest BCUT2D eigenvalue weighted by atomic mass is 35.5. The molecule has 200 valence electrons. The van der Waals surface area contributed by atoms with E-state index in [1.807, 2.05) is 73.1 Å². The highest BCUT2D eigenvalue weighted by molar-refractivity contribution is 8.08. The first-order valence-electron chi connectivity index (χ1n) is 12.0. The lowest BCUT2D eigenvalue weighted by Gasteiger charge is -2.12. The topological polar surface area (TPSA) is 29.1 Å². The zero-order valence-electron chi connectivity index (χ0n) is 21.2. The number of aromatic nitrogens is 2. The average Bonchev–Trinajstić information content (AvgIpc) is 3.55. The van der Waals surface area contributed by atoms with Crippen molar-refractivity contribution in [3.63, 3.8) is 0 Å². The number of thioether (sulfide) groups is 1. The first-order chi connectivity index (χ1) is 18.2. The fourth-order valence-corrected chi connectivity index (χ4v) is 7.55. The third-order valence-corrected chi connectivity index (χ3v) is 9.36. The molecule has 3 heterocycles. The fraction of sp³-hybridized carbons (Fsp3) is 0.259. The Morgan fingerprint density at radius 2 is 1.82 bits per heavy atom. The van der Waals surface area contributed by atoms with Gasteiger partial charge in [0.2, 0.25) is 0 Å². The molecule has 38 heavy (non-hydrogen) atoms. The maximum Gasteiger partial charge on any atom is 0.416 e. The standard InChI is InChI=1S/C25H20ClF3N3OS3.C2H6/c1-3-32-21(36-22(23(32)33)24-30(2)18-9-8-17(26)12-19(18)35-24)13-20-31(10-11-34-20)14-15-4-6-16(7-5-15)25(27,28)29;1-2/h4-13H,3,14H2,1-2H3;1-2H3/q+1;/b24-22+;. The Morgan fingerprint density at radius 3 is 2.47 bits per heavy atom. The van der Waals surface area contributed by atoms with Crippen LogP contribution < -0.4 is 24.2 Å². The summed E-state index contributed by atoms with van der Waals surface area (Å²) in [5.41, 5.74) is 1.06. The van der Waals surface area contributed by atoms with Gasteiger partial charge in [0.25, 0.3) is 10.6 Å². The molecule has 0 unspecified atom stereocenters. The van der Waals surface area contributed by atoms with Crippen LogP contribution in [0, 0.1) is 0 Å². The lowest BCUT2D eigenvalue weighted by atomic mass is 10.1. The third-order valence-electron chi connectivity index (χ3n) is 5.81. The zero-order valence-corrected chi connectivity index (χ0v) is 24.4. The van der Waals surface area contributed by atoms with Gasteiger partial charge in [0.05, 0.1) is 22.7 Å². The van der Waals surface area contributed by atoms with Crippen LogP contribution in [-0.2, 0) is 19.3 Å². The number of alkyl halides is 3. The van der Waals surface area contributed by atoms with Gasteiger partial charge in [-0.3, -0.25) is 9.36 Å². The van der Waals surface area contributed by atoms with Crippen LogP contribution in [0.1, 0.15) is 36.9 Å². The van der Waals surface area contributed by atoms with E-state index < -0.39 is 11.7 Å². The molecular formula is C27H26ClF3N3OS3+. The van der Waals surface area contributed by atoms with Crippen LogP contribution in [0.4, 0.5) is 18.9 Å². The van der Waals surface area contributed by atoms with Crippen molar-refractivity contribution in [3.8, 4) is 0 Å². The summed E-state index contributed by atoms with van der Waals surface area (Å²) in [6.07, 6.45) is -0.490. The minimum atomic E-state index is -4.36. The number of hydrogen-bond acceptors (Lipinski definition) is 5. The summed E-state index contributed by atoms with van der Waals surface area (Å²) in [4.78, 5) is 16.4. The molecule has 2 aromatic heterocycles. The molecule has 11 heteroatoms. The predicted octanol–water partition coefficient (Wildman–Crippen LogP) is 6.16. The van der Waals surface area contributed by atoms with Crippen molar-refractivity contribution in [3.05, 3.63) is 94.7 Å². The summed E-state index contributed by atoms with van der Waals surface area (Å²) >= 11 is 10.6. The summed E-state index contributed by atoms with van der Waals surface area (Å²) < 4.78 is 43.9. The summed E-state index contributed by atoms with van der Waals surface area (Å²) in [7, 11) is 1.94. The molecule has 0 aliphatic carbocycles. The van der Waals surface area contributed by atoms with Gasteiger partial charge in [-0.1, -0.05) is 60.7 Å². The van der Waals surface area contributed by atoms with Crippen LogP contribution in [0.5, 0.6) is 0 Å². The normalized spacial score (nSPS) is 14.9. The van der Waals surface area contributed by atoms with Gasteiger partial charge in [-0.15, -0.1) is 11.3 Å². The lowest BCUT2D eigenvalue weighted by Crippen LogP contribution is -2.36. The largest absolute Gasteiger partial charge is 0.416 e. The van der Waals surface area contributed by atoms with E-state index in [0.29, 0.717) is 22.6 Å². The Morgan fingerprint density at radius 1 is 1.11 bits per heavy atom. The predicted molar refractivity (Wildman–Crippen MR) is 153 cm³/mol. The van der Waals surface area contributed by atoms with Gasteiger partial charge >= 0.3 is 6.18 Å². The maximum atomic E-state index is 13.4. The highest BCUT2D eigenvalue weighted by Gasteiger charge is 2.30. The van der Waals surface area contributed by atoms with Gasteiger partial charge in [-0.25, -0.2) is 0 Å². The van der Waals surface area contributed by atoms with E-state index in [0.717, 1.165) is 43.0 Å². The Hall–Kier alpha value is -2.53. The quantitative estimate of drug-likeness (QED) is 0.264. The van der Waals surface area contributed by atoms with E-state index in [-0.39, 0.29) is 5.56 Å². The van der Waals surface area contributed by atoms with Crippen molar-refractivity contribution >= 4 is 62.8 Å². The molecule has 0 spiro atoms. The van der Waals surface area contributed by atoms with Gasteiger partial charge in [-0.05, 0) is 37.3 Å². The van der Waals surface area contributed by atoms with Crippen LogP contribution in [0.3, 0.4) is 0 Å². The van der Waals surface area contributed by atoms with E-state index in [2.05, 4.69) is 0 Å². The number of anilines is 1. The molecule has 1 aliphatic rings. The Labute approximate surface area is 235 Å². The van der Waals surface area contributed by atoms with E-state index in [1.54, 1.807) is 4.57 Å². The smallest absolute Gasteiger partial charge is 0.337 e. The molecule has 0 radical (unpaired) electrons. The molecule has 0 amide bonds. The molecule has 4 aromatic rings. The minimum absolute atomic E-state index is 0.0483. The monoisotopic (exact) mass is 596 g/mol. The summed E-state index contributed by atoms with van der Waals surface area (Å²) in [6.45, 7) is 6.88. The van der Waals surface area contributed by atoms with Gasteiger partial charge in [0, 0.05) is 29.1 Å². The van der Waals surface area contributed by atoms with Crippen LogP contribution in [0.2, 0.25) is 5.02 Å². The number of rotatable bonds is 4. The second-order valence-corrected chi connectivity index (χ2v) is 11.5. The number of thiazole rings is 2. The number of benzene rings is 2. The van der Waals surface area contributed by atoms with Crippen molar-refractivity contribution in [1.29, 1.82) is 0 Å². The molecule has 2 aromatic carbocycles. The number of hydrogen-bond donors (Lipinski definition) is 0. The second-order valence-electron chi connectivity index (χ2n) is 8.11. The number of fused-ring (bicyclic) bond motifs is 1. The average molecular weight is 597 g/mol. The Bertz CT molecular complexity index is 1620. The zero-order chi connectivity index (χ0) is 27.6. The van der Waals surface area contributed by atoms with E-state index in [4.69, 9.17) is 11.6 Å². The SMILES string of the molecule is CC.CCn1c(=O)/c(=C2\Sc3cc(Cl)ccc3N2C)s/c1=C\c1scc[n+]1Cc1ccc(C(F)(F)F)cc1. The van der Waals surface area contributed by atoms with Crippen molar-refractivity contribution in [2.75, 3.05) is 11.9 Å². The first kappa shape index (κ1) is 28.5. The van der Waals surface area contributed by atoms with Crippen LogP contribution in [0.15, 0.2) is 63.7 Å². The molecular weight excluding hydrogens is 571 g/mol. The molecule has 0 atom stereocenters. The molecule has 1 aliphatic heterocycles. The van der Waals surface area contributed by atoms with E-state index in [1.165, 1.54) is 46.6 Å². The van der Waals surface area contributed by atoms with Crippen molar-refractivity contribution in [2.45, 2.75) is 44.9 Å². The lowest BCUT2D eigenvalue weighted by molar-refractivity contribution is -0.685. The van der Waals surface area contributed by atoms with E-state index in [9.17, 15) is 18.0 Å². The van der Waals surface area contributed by atoms with Gasteiger partial charge in [-0.2, -0.15) is 17.7 Å². The van der Waals surface area contributed by atoms with Gasteiger partial charge in [0.15, 0.2) is 12.7 Å².